The molecular formula is C15H20N2O. The molecule has 0 aliphatic rings. The first-order valence-electron chi connectivity index (χ1n) is 6.42. The number of benzene rings is 1. The molecule has 0 fully saturated rings. The molecule has 3 heteroatoms. The van der Waals surface area contributed by atoms with E-state index in [1.807, 2.05) is 17.7 Å². The van der Waals surface area contributed by atoms with E-state index in [2.05, 4.69) is 43.1 Å². The van der Waals surface area contributed by atoms with Crippen molar-refractivity contribution in [3.63, 3.8) is 0 Å². The highest BCUT2D eigenvalue weighted by Gasteiger charge is 2.34. The Labute approximate surface area is 108 Å². The van der Waals surface area contributed by atoms with Crippen LogP contribution < -0.4 is 0 Å². The van der Waals surface area contributed by atoms with Crippen LogP contribution in [-0.2, 0) is 12.5 Å². The monoisotopic (exact) mass is 244 g/mol. The van der Waals surface area contributed by atoms with Gasteiger partial charge in [0, 0.05) is 7.05 Å². The van der Waals surface area contributed by atoms with E-state index < -0.39 is 0 Å². The summed E-state index contributed by atoms with van der Waals surface area (Å²) in [5.74, 6) is 1.02. The minimum atomic E-state index is -0.128. The number of hydrogen-bond donors (Lipinski definition) is 1. The zero-order valence-corrected chi connectivity index (χ0v) is 11.2. The lowest BCUT2D eigenvalue weighted by Gasteiger charge is -2.31. The van der Waals surface area contributed by atoms with Crippen LogP contribution >= 0.6 is 0 Å². The summed E-state index contributed by atoms with van der Waals surface area (Å²) in [7, 11) is 1.94. The summed E-state index contributed by atoms with van der Waals surface area (Å²) in [6, 6.07) is 10.4. The van der Waals surface area contributed by atoms with Gasteiger partial charge in [0.15, 0.2) is 0 Å². The highest BCUT2D eigenvalue weighted by atomic mass is 16.3. The Kier molecular flexibility index (Phi) is 3.41. The van der Waals surface area contributed by atoms with Gasteiger partial charge >= 0.3 is 0 Å². The average molecular weight is 244 g/mol. The molecule has 0 unspecified atom stereocenters. The predicted octanol–water partition coefficient (Wildman–Crippen LogP) is 3.23. The molecule has 2 aromatic rings. The van der Waals surface area contributed by atoms with Gasteiger partial charge in [0.1, 0.15) is 5.82 Å². The summed E-state index contributed by atoms with van der Waals surface area (Å²) in [5, 5.41) is 9.60. The van der Waals surface area contributed by atoms with E-state index in [1.165, 1.54) is 5.56 Å². The molecule has 96 valence electrons. The molecule has 1 aromatic carbocycles. The Morgan fingerprint density at radius 3 is 2.22 bits per heavy atom. The number of aromatic nitrogens is 2. The Morgan fingerprint density at radius 1 is 1.17 bits per heavy atom. The van der Waals surface area contributed by atoms with Crippen LogP contribution in [0.1, 0.15) is 38.1 Å². The molecule has 0 bridgehead atoms. The van der Waals surface area contributed by atoms with Crippen LogP contribution in [0.5, 0.6) is 5.88 Å². The van der Waals surface area contributed by atoms with Crippen LogP contribution in [0.25, 0.3) is 0 Å². The van der Waals surface area contributed by atoms with Crippen molar-refractivity contribution in [1.82, 2.24) is 9.55 Å². The molecule has 0 amide bonds. The Hall–Kier alpha value is -1.77. The van der Waals surface area contributed by atoms with Gasteiger partial charge in [-0.3, -0.25) is 0 Å². The number of nitrogens with zero attached hydrogens (tertiary/aromatic N) is 2. The van der Waals surface area contributed by atoms with Crippen LogP contribution in [0.3, 0.4) is 0 Å². The average Bonchev–Trinajstić information content (AvgIpc) is 2.73. The quantitative estimate of drug-likeness (QED) is 0.896. The second kappa shape index (κ2) is 4.84. The van der Waals surface area contributed by atoms with Crippen molar-refractivity contribution in [2.24, 2.45) is 7.05 Å². The molecule has 3 nitrogen and oxygen atoms in total. The molecule has 0 spiro atoms. The van der Waals surface area contributed by atoms with Crippen molar-refractivity contribution in [1.29, 1.82) is 0 Å². The van der Waals surface area contributed by atoms with Gasteiger partial charge in [-0.1, -0.05) is 44.2 Å². The third-order valence-electron chi connectivity index (χ3n) is 3.83. The molecule has 0 saturated heterocycles. The fraction of sp³-hybridized carbons (Fsp3) is 0.400. The predicted molar refractivity (Wildman–Crippen MR) is 72.7 cm³/mol. The molecule has 1 aromatic heterocycles. The lowest BCUT2D eigenvalue weighted by atomic mass is 9.75. The lowest BCUT2D eigenvalue weighted by molar-refractivity contribution is 0.424. The maximum Gasteiger partial charge on any atom is 0.229 e. The summed E-state index contributed by atoms with van der Waals surface area (Å²) < 4.78 is 1.93. The van der Waals surface area contributed by atoms with Crippen molar-refractivity contribution in [2.75, 3.05) is 0 Å². The van der Waals surface area contributed by atoms with Crippen molar-refractivity contribution < 1.29 is 5.11 Å². The van der Waals surface area contributed by atoms with E-state index in [1.54, 1.807) is 6.20 Å². The highest BCUT2D eigenvalue weighted by Crippen LogP contribution is 2.38. The fourth-order valence-corrected chi connectivity index (χ4v) is 2.76. The van der Waals surface area contributed by atoms with E-state index >= 15 is 0 Å². The minimum absolute atomic E-state index is 0.0923. The van der Waals surface area contributed by atoms with Crippen molar-refractivity contribution in [3.8, 4) is 5.88 Å². The highest BCUT2D eigenvalue weighted by molar-refractivity contribution is 5.34. The van der Waals surface area contributed by atoms with Gasteiger partial charge in [-0.25, -0.2) is 0 Å². The minimum Gasteiger partial charge on any atom is -0.492 e. The van der Waals surface area contributed by atoms with Gasteiger partial charge in [0.05, 0.1) is 11.6 Å². The topological polar surface area (TPSA) is 38.1 Å². The van der Waals surface area contributed by atoms with E-state index in [9.17, 15) is 5.11 Å². The lowest BCUT2D eigenvalue weighted by Crippen LogP contribution is -2.29. The molecular weight excluding hydrogens is 224 g/mol. The zero-order valence-electron chi connectivity index (χ0n) is 11.2. The molecule has 1 heterocycles. The number of hydrogen-bond acceptors (Lipinski definition) is 2. The summed E-state index contributed by atoms with van der Waals surface area (Å²) in [6.45, 7) is 4.34. The first kappa shape index (κ1) is 12.7. The van der Waals surface area contributed by atoms with Crippen molar-refractivity contribution >= 4 is 0 Å². The third-order valence-corrected chi connectivity index (χ3v) is 3.83. The van der Waals surface area contributed by atoms with E-state index in [-0.39, 0.29) is 11.3 Å². The Bertz CT molecular complexity index is 513. The first-order chi connectivity index (χ1) is 8.64. The molecule has 0 aliphatic carbocycles. The summed E-state index contributed by atoms with van der Waals surface area (Å²) >= 11 is 0. The van der Waals surface area contributed by atoms with E-state index in [0.717, 1.165) is 18.7 Å². The number of aromatic hydroxyl groups is 1. The smallest absolute Gasteiger partial charge is 0.229 e. The van der Waals surface area contributed by atoms with Crippen LogP contribution in [-0.4, -0.2) is 14.7 Å². The number of imidazole rings is 1. The zero-order chi connectivity index (χ0) is 13.2. The van der Waals surface area contributed by atoms with Gasteiger partial charge in [-0.2, -0.15) is 4.98 Å². The number of rotatable bonds is 4. The normalized spacial score (nSPS) is 11.7. The summed E-state index contributed by atoms with van der Waals surface area (Å²) in [6.07, 6.45) is 3.58. The first-order valence-corrected chi connectivity index (χ1v) is 6.42. The maximum absolute atomic E-state index is 9.60. The third kappa shape index (κ3) is 1.90. The Morgan fingerprint density at radius 2 is 1.78 bits per heavy atom. The van der Waals surface area contributed by atoms with E-state index in [0.29, 0.717) is 0 Å². The second-order valence-corrected chi connectivity index (χ2v) is 4.69. The molecule has 0 atom stereocenters. The SMILES string of the molecule is CCC(CC)(c1ccccc1)c1nc(O)cn1C. The summed E-state index contributed by atoms with van der Waals surface area (Å²) in [4.78, 5) is 4.32. The fourth-order valence-electron chi connectivity index (χ4n) is 2.76. The molecule has 0 saturated carbocycles. The second-order valence-electron chi connectivity index (χ2n) is 4.69. The van der Waals surface area contributed by atoms with Crippen molar-refractivity contribution in [2.45, 2.75) is 32.1 Å². The van der Waals surface area contributed by atoms with Crippen LogP contribution in [0.4, 0.5) is 0 Å². The number of aryl methyl sites for hydroxylation is 1. The van der Waals surface area contributed by atoms with Gasteiger partial charge in [-0.05, 0) is 18.4 Å². The van der Waals surface area contributed by atoms with Crippen LogP contribution in [0.15, 0.2) is 36.5 Å². The largest absolute Gasteiger partial charge is 0.492 e. The summed E-state index contributed by atoms with van der Waals surface area (Å²) in [5.41, 5.74) is 1.13. The molecule has 2 rings (SSSR count). The van der Waals surface area contributed by atoms with Gasteiger partial charge in [0.2, 0.25) is 5.88 Å². The molecule has 18 heavy (non-hydrogen) atoms. The standard InChI is InChI=1S/C15H20N2O/c1-4-15(5-2,12-9-7-6-8-10-12)14-16-13(18)11-17(14)3/h6-11,18H,4-5H2,1-3H3. The molecule has 0 aliphatic heterocycles. The van der Waals surface area contributed by atoms with Crippen molar-refractivity contribution in [3.05, 3.63) is 47.9 Å². The van der Waals surface area contributed by atoms with E-state index in [4.69, 9.17) is 0 Å². The molecule has 0 radical (unpaired) electrons. The molecule has 1 N–H and O–H groups in total. The maximum atomic E-state index is 9.60. The van der Waals surface area contributed by atoms with Crippen LogP contribution in [0, 0.1) is 0 Å². The van der Waals surface area contributed by atoms with Gasteiger partial charge < -0.3 is 9.67 Å². The van der Waals surface area contributed by atoms with Crippen LogP contribution in [0.2, 0.25) is 0 Å². The van der Waals surface area contributed by atoms with Gasteiger partial charge in [0.25, 0.3) is 0 Å². The van der Waals surface area contributed by atoms with Gasteiger partial charge in [-0.15, -0.1) is 0 Å². The Balaban J connectivity index is 2.61.